The monoisotopic (exact) mass is 382 g/mol. The van der Waals surface area contributed by atoms with Gasteiger partial charge in [0.25, 0.3) is 5.91 Å². The molecular formula is C19H15ClN4OS. The number of amides is 1. The summed E-state index contributed by atoms with van der Waals surface area (Å²) in [4.78, 5) is 25.6. The summed E-state index contributed by atoms with van der Waals surface area (Å²) in [6, 6.07) is 13.3. The first-order chi connectivity index (χ1) is 12.7. The number of nitrogens with one attached hydrogen (secondary N) is 2. The molecule has 0 saturated heterocycles. The predicted octanol–water partition coefficient (Wildman–Crippen LogP) is 4.31. The van der Waals surface area contributed by atoms with Crippen molar-refractivity contribution in [2.45, 2.75) is 6.42 Å². The van der Waals surface area contributed by atoms with E-state index in [1.165, 1.54) is 0 Å². The van der Waals surface area contributed by atoms with Crippen molar-refractivity contribution in [2.75, 3.05) is 6.54 Å². The molecule has 0 aliphatic carbocycles. The third-order valence-corrected chi connectivity index (χ3v) is 5.09. The topological polar surface area (TPSA) is 70.7 Å². The van der Waals surface area contributed by atoms with Crippen LogP contribution in [0.2, 0.25) is 5.02 Å². The summed E-state index contributed by atoms with van der Waals surface area (Å²) in [6.45, 7) is 0.523. The fraction of sp³-hybridized carbons (Fsp3) is 0.105. The lowest BCUT2D eigenvalue weighted by Crippen LogP contribution is -2.26. The van der Waals surface area contributed by atoms with E-state index in [9.17, 15) is 4.79 Å². The van der Waals surface area contributed by atoms with Gasteiger partial charge >= 0.3 is 0 Å². The Kier molecular flexibility index (Phi) is 4.69. The summed E-state index contributed by atoms with van der Waals surface area (Å²) in [7, 11) is 0. The summed E-state index contributed by atoms with van der Waals surface area (Å²) in [6.07, 6.45) is 2.32. The highest BCUT2D eigenvalue weighted by Gasteiger charge is 2.15. The summed E-state index contributed by atoms with van der Waals surface area (Å²) in [5.74, 6) is 0.572. The molecule has 0 saturated carbocycles. The van der Waals surface area contributed by atoms with Gasteiger partial charge < -0.3 is 10.3 Å². The van der Waals surface area contributed by atoms with Gasteiger partial charge in [-0.15, -0.1) is 11.3 Å². The highest BCUT2D eigenvalue weighted by Crippen LogP contribution is 2.25. The average Bonchev–Trinajstić information content (AvgIpc) is 3.30. The maximum absolute atomic E-state index is 12.6. The Morgan fingerprint density at radius 1 is 1.23 bits per heavy atom. The van der Waals surface area contributed by atoms with Gasteiger partial charge in [-0.1, -0.05) is 29.8 Å². The summed E-state index contributed by atoms with van der Waals surface area (Å²) in [5.41, 5.74) is 2.81. The van der Waals surface area contributed by atoms with Crippen molar-refractivity contribution in [3.8, 4) is 10.7 Å². The Balaban J connectivity index is 1.51. The van der Waals surface area contributed by atoms with E-state index in [1.807, 2.05) is 41.8 Å². The fourth-order valence-electron chi connectivity index (χ4n) is 2.74. The second-order valence-electron chi connectivity index (χ2n) is 5.76. The quantitative estimate of drug-likeness (QED) is 0.540. The Bertz CT molecular complexity index is 1060. The van der Waals surface area contributed by atoms with Crippen LogP contribution in [0.3, 0.4) is 0 Å². The predicted molar refractivity (Wildman–Crippen MR) is 105 cm³/mol. The molecule has 0 radical (unpaired) electrons. The average molecular weight is 383 g/mol. The molecule has 3 heterocycles. The Hall–Kier alpha value is -2.70. The molecule has 5 nitrogen and oxygen atoms in total. The van der Waals surface area contributed by atoms with Crippen LogP contribution in [0, 0.1) is 0 Å². The van der Waals surface area contributed by atoms with Gasteiger partial charge in [-0.05, 0) is 41.6 Å². The molecule has 1 amide bonds. The number of nitrogens with zero attached hydrogens (tertiary/aromatic N) is 2. The number of H-pyrrole nitrogens is 1. The lowest BCUT2D eigenvalue weighted by atomic mass is 10.1. The number of thiophene rings is 1. The highest BCUT2D eigenvalue weighted by molar-refractivity contribution is 7.13. The van der Waals surface area contributed by atoms with Crippen LogP contribution in [-0.4, -0.2) is 27.4 Å². The number of hydrogen-bond donors (Lipinski definition) is 2. The van der Waals surface area contributed by atoms with Crippen LogP contribution in [0.5, 0.6) is 0 Å². The Labute approximate surface area is 159 Å². The van der Waals surface area contributed by atoms with Crippen molar-refractivity contribution in [3.05, 3.63) is 70.2 Å². The van der Waals surface area contributed by atoms with Crippen LogP contribution in [0.15, 0.2) is 54.0 Å². The zero-order valence-corrected chi connectivity index (χ0v) is 15.3. The van der Waals surface area contributed by atoms with Gasteiger partial charge in [0.15, 0.2) is 11.5 Å². The first-order valence-electron chi connectivity index (χ1n) is 8.12. The van der Waals surface area contributed by atoms with Crippen LogP contribution >= 0.6 is 22.9 Å². The molecule has 4 aromatic rings. The van der Waals surface area contributed by atoms with Crippen LogP contribution in [0.4, 0.5) is 0 Å². The molecule has 130 valence electrons. The normalized spacial score (nSPS) is 11.0. The maximum Gasteiger partial charge on any atom is 0.253 e. The smallest absolute Gasteiger partial charge is 0.253 e. The van der Waals surface area contributed by atoms with E-state index < -0.39 is 0 Å². The number of halogens is 1. The number of aromatic amines is 1. The molecule has 0 spiro atoms. The molecule has 0 fully saturated rings. The van der Waals surface area contributed by atoms with E-state index >= 15 is 0 Å². The minimum Gasteiger partial charge on any atom is -0.352 e. The van der Waals surface area contributed by atoms with Gasteiger partial charge in [0.05, 0.1) is 16.0 Å². The van der Waals surface area contributed by atoms with Crippen LogP contribution in [-0.2, 0) is 6.42 Å². The third-order valence-electron chi connectivity index (χ3n) is 3.98. The van der Waals surface area contributed by atoms with E-state index in [-0.39, 0.29) is 5.91 Å². The Morgan fingerprint density at radius 3 is 2.96 bits per heavy atom. The number of carbonyl (C=O) groups is 1. The lowest BCUT2D eigenvalue weighted by molar-refractivity contribution is 0.0955. The first kappa shape index (κ1) is 16.8. The number of pyridine rings is 1. The summed E-state index contributed by atoms with van der Waals surface area (Å²) < 4.78 is 0. The molecule has 1 aromatic carbocycles. The number of benzene rings is 1. The van der Waals surface area contributed by atoms with E-state index in [1.54, 1.807) is 23.6 Å². The molecule has 0 aliphatic heterocycles. The van der Waals surface area contributed by atoms with Crippen LogP contribution in [0.1, 0.15) is 15.9 Å². The molecule has 0 bridgehead atoms. The molecule has 26 heavy (non-hydrogen) atoms. The van der Waals surface area contributed by atoms with Crippen molar-refractivity contribution in [1.29, 1.82) is 0 Å². The molecule has 3 aromatic heterocycles. The standard InChI is InChI=1S/C19H15ClN4OS/c20-13-4-1-3-12(11-13)6-8-22-19(25)14-7-9-21-18-16(14)23-17(24-18)15-5-2-10-26-15/h1-5,7,9-11H,6,8H2,(H,22,25)(H,21,23,24). The number of hydrogen-bond acceptors (Lipinski definition) is 4. The molecular weight excluding hydrogens is 368 g/mol. The highest BCUT2D eigenvalue weighted by atomic mass is 35.5. The van der Waals surface area contributed by atoms with E-state index in [0.29, 0.717) is 34.7 Å². The van der Waals surface area contributed by atoms with Gasteiger partial charge in [-0.25, -0.2) is 9.97 Å². The number of aromatic nitrogens is 3. The van der Waals surface area contributed by atoms with Crippen molar-refractivity contribution in [1.82, 2.24) is 20.3 Å². The van der Waals surface area contributed by atoms with Crippen LogP contribution in [0.25, 0.3) is 21.9 Å². The zero-order valence-electron chi connectivity index (χ0n) is 13.7. The van der Waals surface area contributed by atoms with E-state index in [0.717, 1.165) is 16.3 Å². The molecule has 0 unspecified atom stereocenters. The minimum absolute atomic E-state index is 0.152. The Morgan fingerprint density at radius 2 is 2.15 bits per heavy atom. The first-order valence-corrected chi connectivity index (χ1v) is 9.38. The second kappa shape index (κ2) is 7.27. The van der Waals surface area contributed by atoms with Gasteiger partial charge in [-0.3, -0.25) is 4.79 Å². The number of imidazole rings is 1. The van der Waals surface area contributed by atoms with Crippen molar-refractivity contribution in [3.63, 3.8) is 0 Å². The van der Waals surface area contributed by atoms with Crippen LogP contribution < -0.4 is 5.32 Å². The maximum atomic E-state index is 12.6. The largest absolute Gasteiger partial charge is 0.352 e. The van der Waals surface area contributed by atoms with E-state index in [4.69, 9.17) is 11.6 Å². The van der Waals surface area contributed by atoms with E-state index in [2.05, 4.69) is 20.3 Å². The summed E-state index contributed by atoms with van der Waals surface area (Å²) in [5, 5.41) is 5.63. The SMILES string of the molecule is O=C(NCCc1cccc(Cl)c1)c1ccnc2nc(-c3cccs3)[nH]c12. The van der Waals surface area contributed by atoms with Gasteiger partial charge in [0, 0.05) is 17.8 Å². The van der Waals surface area contributed by atoms with Crippen molar-refractivity contribution >= 4 is 40.0 Å². The van der Waals surface area contributed by atoms with Crippen molar-refractivity contribution in [2.24, 2.45) is 0 Å². The van der Waals surface area contributed by atoms with Gasteiger partial charge in [-0.2, -0.15) is 0 Å². The minimum atomic E-state index is -0.152. The molecule has 7 heteroatoms. The number of rotatable bonds is 5. The molecule has 2 N–H and O–H groups in total. The molecule has 4 rings (SSSR count). The van der Waals surface area contributed by atoms with Gasteiger partial charge in [0.2, 0.25) is 0 Å². The molecule has 0 aliphatic rings. The third kappa shape index (κ3) is 3.47. The lowest BCUT2D eigenvalue weighted by Gasteiger charge is -2.06. The molecule has 0 atom stereocenters. The number of carbonyl (C=O) groups excluding carboxylic acids is 1. The van der Waals surface area contributed by atoms with Gasteiger partial charge in [0.1, 0.15) is 0 Å². The fourth-order valence-corrected chi connectivity index (χ4v) is 3.62. The zero-order chi connectivity index (χ0) is 17.9. The second-order valence-corrected chi connectivity index (χ2v) is 7.14. The number of fused-ring (bicyclic) bond motifs is 1. The summed E-state index contributed by atoms with van der Waals surface area (Å²) >= 11 is 7.57. The van der Waals surface area contributed by atoms with Crippen molar-refractivity contribution < 1.29 is 4.79 Å².